The Kier molecular flexibility index (Phi) is 4.82. The first-order valence-corrected chi connectivity index (χ1v) is 6.07. The molecule has 0 bridgehead atoms. The lowest BCUT2D eigenvalue weighted by atomic mass is 10.5. The second kappa shape index (κ2) is 5.93. The summed E-state index contributed by atoms with van der Waals surface area (Å²) in [6.45, 7) is 2.17. The van der Waals surface area contributed by atoms with Crippen molar-refractivity contribution in [1.29, 1.82) is 0 Å². The predicted octanol–water partition coefficient (Wildman–Crippen LogP) is 2.73. The van der Waals surface area contributed by atoms with Gasteiger partial charge in [-0.1, -0.05) is 22.0 Å². The molecule has 0 atom stereocenters. The molecule has 1 aromatic heterocycles. The number of alkyl halides is 1. The Hall–Kier alpha value is -0.680. The first kappa shape index (κ1) is 11.4. The van der Waals surface area contributed by atoms with Gasteiger partial charge in [0.2, 0.25) is 0 Å². The SMILES string of the molecule is CCOC(=O)c1cnc(C=CCBr)s1. The van der Waals surface area contributed by atoms with E-state index in [1.807, 2.05) is 12.2 Å². The number of allylic oxidation sites excluding steroid dienone is 1. The van der Waals surface area contributed by atoms with Gasteiger partial charge in [-0.3, -0.25) is 0 Å². The van der Waals surface area contributed by atoms with E-state index in [2.05, 4.69) is 20.9 Å². The molecule has 0 saturated carbocycles. The third-order valence-electron chi connectivity index (χ3n) is 1.35. The minimum Gasteiger partial charge on any atom is -0.462 e. The first-order valence-electron chi connectivity index (χ1n) is 4.13. The Morgan fingerprint density at radius 2 is 2.57 bits per heavy atom. The number of aromatic nitrogens is 1. The van der Waals surface area contributed by atoms with Crippen molar-refractivity contribution in [1.82, 2.24) is 4.98 Å². The number of halogens is 1. The lowest BCUT2D eigenvalue weighted by molar-refractivity contribution is 0.0532. The summed E-state index contributed by atoms with van der Waals surface area (Å²) in [4.78, 5) is 15.9. The number of esters is 1. The maximum Gasteiger partial charge on any atom is 0.349 e. The Balaban J connectivity index is 2.67. The van der Waals surface area contributed by atoms with Crippen LogP contribution in [0.1, 0.15) is 21.6 Å². The minimum absolute atomic E-state index is 0.302. The highest BCUT2D eigenvalue weighted by atomic mass is 79.9. The van der Waals surface area contributed by atoms with Crippen molar-refractivity contribution in [3.63, 3.8) is 0 Å². The molecule has 14 heavy (non-hydrogen) atoms. The van der Waals surface area contributed by atoms with Crippen molar-refractivity contribution in [3.8, 4) is 0 Å². The van der Waals surface area contributed by atoms with Crippen LogP contribution >= 0.6 is 27.3 Å². The summed E-state index contributed by atoms with van der Waals surface area (Å²) in [5, 5.41) is 1.59. The largest absolute Gasteiger partial charge is 0.462 e. The molecule has 0 aromatic carbocycles. The fraction of sp³-hybridized carbons (Fsp3) is 0.333. The summed E-state index contributed by atoms with van der Waals surface area (Å²) in [7, 11) is 0. The molecule has 3 nitrogen and oxygen atoms in total. The van der Waals surface area contributed by atoms with E-state index >= 15 is 0 Å². The molecule has 1 rings (SSSR count). The van der Waals surface area contributed by atoms with Gasteiger partial charge in [-0.05, 0) is 13.0 Å². The molecule has 0 N–H and O–H groups in total. The molecular weight excluding hydrogens is 266 g/mol. The molecule has 0 fully saturated rings. The molecule has 5 heteroatoms. The first-order chi connectivity index (χ1) is 6.77. The van der Waals surface area contributed by atoms with E-state index in [9.17, 15) is 4.79 Å². The molecule has 0 aliphatic heterocycles. The Bertz CT molecular complexity index is 335. The van der Waals surface area contributed by atoms with Crippen molar-refractivity contribution in [2.45, 2.75) is 6.92 Å². The van der Waals surface area contributed by atoms with E-state index in [1.165, 1.54) is 17.5 Å². The maximum absolute atomic E-state index is 11.2. The van der Waals surface area contributed by atoms with Gasteiger partial charge >= 0.3 is 5.97 Å². The molecule has 0 unspecified atom stereocenters. The van der Waals surface area contributed by atoms with Gasteiger partial charge < -0.3 is 4.74 Å². The van der Waals surface area contributed by atoms with Crippen LogP contribution in [0.15, 0.2) is 12.3 Å². The average molecular weight is 276 g/mol. The van der Waals surface area contributed by atoms with Crippen LogP contribution < -0.4 is 0 Å². The number of nitrogens with zero attached hydrogens (tertiary/aromatic N) is 1. The van der Waals surface area contributed by atoms with Gasteiger partial charge in [0.05, 0.1) is 12.8 Å². The fourth-order valence-electron chi connectivity index (χ4n) is 0.807. The van der Waals surface area contributed by atoms with Crippen LogP contribution in [0.3, 0.4) is 0 Å². The lowest BCUT2D eigenvalue weighted by Crippen LogP contribution is -2.01. The van der Waals surface area contributed by atoms with Crippen LogP contribution in [-0.4, -0.2) is 22.9 Å². The van der Waals surface area contributed by atoms with E-state index in [-0.39, 0.29) is 5.97 Å². The second-order valence-corrected chi connectivity index (χ2v) is 4.05. The zero-order valence-electron chi connectivity index (χ0n) is 7.70. The number of hydrogen-bond donors (Lipinski definition) is 0. The monoisotopic (exact) mass is 275 g/mol. The average Bonchev–Trinajstić information content (AvgIpc) is 2.63. The van der Waals surface area contributed by atoms with Gasteiger partial charge in [0.15, 0.2) is 0 Å². The third-order valence-corrected chi connectivity index (χ3v) is 2.67. The van der Waals surface area contributed by atoms with Gasteiger partial charge in [-0.2, -0.15) is 0 Å². The number of hydrogen-bond acceptors (Lipinski definition) is 4. The van der Waals surface area contributed by atoms with E-state index in [4.69, 9.17) is 4.74 Å². The fourth-order valence-corrected chi connectivity index (χ4v) is 1.74. The molecule has 0 saturated heterocycles. The number of rotatable bonds is 4. The molecule has 0 spiro atoms. The van der Waals surface area contributed by atoms with Gasteiger partial charge in [0.1, 0.15) is 9.88 Å². The topological polar surface area (TPSA) is 39.2 Å². The van der Waals surface area contributed by atoms with Crippen molar-refractivity contribution in [2.75, 3.05) is 11.9 Å². The van der Waals surface area contributed by atoms with Gasteiger partial charge in [0, 0.05) is 5.33 Å². The van der Waals surface area contributed by atoms with E-state index in [0.29, 0.717) is 11.5 Å². The van der Waals surface area contributed by atoms with Crippen LogP contribution in [-0.2, 0) is 4.74 Å². The summed E-state index contributed by atoms with van der Waals surface area (Å²) in [6, 6.07) is 0. The van der Waals surface area contributed by atoms with Crippen LogP contribution in [0.25, 0.3) is 6.08 Å². The molecule has 0 radical (unpaired) electrons. The van der Waals surface area contributed by atoms with Crippen LogP contribution in [0.2, 0.25) is 0 Å². The highest BCUT2D eigenvalue weighted by Gasteiger charge is 2.09. The standard InChI is InChI=1S/C9H10BrNO2S/c1-2-13-9(12)7-6-11-8(14-7)4-3-5-10/h3-4,6H,2,5H2,1H3. The molecule has 0 aliphatic carbocycles. The normalized spacial score (nSPS) is 10.7. The molecule has 0 aliphatic rings. The summed E-state index contributed by atoms with van der Waals surface area (Å²) in [5.41, 5.74) is 0. The molecule has 76 valence electrons. The van der Waals surface area contributed by atoms with Crippen molar-refractivity contribution < 1.29 is 9.53 Å². The predicted molar refractivity (Wildman–Crippen MR) is 60.9 cm³/mol. The lowest BCUT2D eigenvalue weighted by Gasteiger charge is -1.95. The quantitative estimate of drug-likeness (QED) is 0.627. The smallest absolute Gasteiger partial charge is 0.349 e. The van der Waals surface area contributed by atoms with E-state index in [1.54, 1.807) is 6.92 Å². The van der Waals surface area contributed by atoms with Crippen molar-refractivity contribution >= 4 is 39.3 Å². The molecule has 1 heterocycles. The zero-order chi connectivity index (χ0) is 10.4. The van der Waals surface area contributed by atoms with Crippen LogP contribution in [0.4, 0.5) is 0 Å². The second-order valence-electron chi connectivity index (χ2n) is 2.34. The van der Waals surface area contributed by atoms with E-state index < -0.39 is 0 Å². The van der Waals surface area contributed by atoms with Gasteiger partial charge in [0.25, 0.3) is 0 Å². The van der Waals surface area contributed by atoms with Crippen molar-refractivity contribution in [3.05, 3.63) is 22.2 Å². The number of thiazole rings is 1. The third kappa shape index (κ3) is 3.23. The summed E-state index contributed by atoms with van der Waals surface area (Å²) in [5.74, 6) is -0.302. The highest BCUT2D eigenvalue weighted by molar-refractivity contribution is 9.09. The Labute approximate surface area is 94.9 Å². The van der Waals surface area contributed by atoms with Gasteiger partial charge in [-0.15, -0.1) is 11.3 Å². The summed E-state index contributed by atoms with van der Waals surface area (Å²) < 4.78 is 4.84. The zero-order valence-corrected chi connectivity index (χ0v) is 10.1. The van der Waals surface area contributed by atoms with Gasteiger partial charge in [-0.25, -0.2) is 9.78 Å². The summed E-state index contributed by atoms with van der Waals surface area (Å²) in [6.07, 6.45) is 5.33. The minimum atomic E-state index is -0.302. The maximum atomic E-state index is 11.2. The number of carbonyl (C=O) groups is 1. The molecule has 0 amide bonds. The number of ether oxygens (including phenoxy) is 1. The number of carbonyl (C=O) groups excluding carboxylic acids is 1. The Morgan fingerprint density at radius 1 is 1.79 bits per heavy atom. The van der Waals surface area contributed by atoms with E-state index in [0.717, 1.165) is 10.3 Å². The molecular formula is C9H10BrNO2S. The summed E-state index contributed by atoms with van der Waals surface area (Å²) >= 11 is 4.59. The molecule has 1 aromatic rings. The Morgan fingerprint density at radius 3 is 3.21 bits per heavy atom. The van der Waals surface area contributed by atoms with Crippen LogP contribution in [0, 0.1) is 0 Å². The van der Waals surface area contributed by atoms with Crippen molar-refractivity contribution in [2.24, 2.45) is 0 Å². The highest BCUT2D eigenvalue weighted by Crippen LogP contribution is 2.15. The van der Waals surface area contributed by atoms with Crippen LogP contribution in [0.5, 0.6) is 0 Å².